The Labute approximate surface area is 109 Å². The van der Waals surface area contributed by atoms with Gasteiger partial charge in [-0.3, -0.25) is 4.79 Å². The number of hydrogen-bond donors (Lipinski definition) is 1. The maximum atomic E-state index is 11.7. The molecule has 1 amide bonds. The number of nitrogens with zero attached hydrogens (tertiary/aromatic N) is 1. The number of thioether (sulfide) groups is 1. The minimum Gasteiger partial charge on any atom is -0.343 e. The van der Waals surface area contributed by atoms with Crippen molar-refractivity contribution < 1.29 is 4.79 Å². The van der Waals surface area contributed by atoms with Crippen LogP contribution in [0.15, 0.2) is 12.2 Å². The van der Waals surface area contributed by atoms with E-state index < -0.39 is 0 Å². The van der Waals surface area contributed by atoms with Gasteiger partial charge in [0.25, 0.3) is 0 Å². The van der Waals surface area contributed by atoms with E-state index in [1.807, 2.05) is 18.7 Å². The third-order valence-corrected chi connectivity index (χ3v) is 3.93. The van der Waals surface area contributed by atoms with Gasteiger partial charge in [-0.1, -0.05) is 12.2 Å². The van der Waals surface area contributed by atoms with Gasteiger partial charge < -0.3 is 10.2 Å². The van der Waals surface area contributed by atoms with E-state index in [4.69, 9.17) is 0 Å². The summed E-state index contributed by atoms with van der Waals surface area (Å²) in [6.07, 6.45) is 2.61. The fourth-order valence-electron chi connectivity index (χ4n) is 1.58. The fourth-order valence-corrected chi connectivity index (χ4v) is 2.43. The standard InChI is InChI=1S/C13H24N2OS/c1-4-15(5-2)13(16)10-17-9-11(3)8-14-12-6-7-12/h12,14H,3-10H2,1-2H3. The van der Waals surface area contributed by atoms with Crippen LogP contribution in [0.25, 0.3) is 0 Å². The summed E-state index contributed by atoms with van der Waals surface area (Å²) in [6.45, 7) is 10.6. The highest BCUT2D eigenvalue weighted by Crippen LogP contribution is 2.19. The highest BCUT2D eigenvalue weighted by molar-refractivity contribution is 8.00. The molecule has 0 aromatic heterocycles. The zero-order chi connectivity index (χ0) is 12.7. The quantitative estimate of drug-likeness (QED) is 0.640. The van der Waals surface area contributed by atoms with Gasteiger partial charge in [-0.25, -0.2) is 0 Å². The highest BCUT2D eigenvalue weighted by atomic mass is 32.2. The van der Waals surface area contributed by atoms with E-state index in [1.165, 1.54) is 18.4 Å². The zero-order valence-electron chi connectivity index (χ0n) is 11.0. The van der Waals surface area contributed by atoms with Crippen LogP contribution >= 0.6 is 11.8 Å². The van der Waals surface area contributed by atoms with Gasteiger partial charge in [-0.05, 0) is 26.7 Å². The molecule has 1 N–H and O–H groups in total. The van der Waals surface area contributed by atoms with Gasteiger partial charge >= 0.3 is 0 Å². The molecule has 0 radical (unpaired) electrons. The van der Waals surface area contributed by atoms with Crippen molar-refractivity contribution in [2.45, 2.75) is 32.7 Å². The van der Waals surface area contributed by atoms with Gasteiger partial charge in [-0.2, -0.15) is 0 Å². The van der Waals surface area contributed by atoms with Crippen LogP contribution < -0.4 is 5.32 Å². The summed E-state index contributed by atoms with van der Waals surface area (Å²) in [5.74, 6) is 1.69. The molecule has 98 valence electrons. The lowest BCUT2D eigenvalue weighted by atomic mass is 10.3. The zero-order valence-corrected chi connectivity index (χ0v) is 11.8. The Kier molecular flexibility index (Phi) is 6.66. The molecule has 1 aliphatic rings. The van der Waals surface area contributed by atoms with Crippen LogP contribution in [0, 0.1) is 0 Å². The van der Waals surface area contributed by atoms with Crippen LogP contribution in [0.4, 0.5) is 0 Å². The summed E-state index contributed by atoms with van der Waals surface area (Å²) in [6, 6.07) is 0.731. The molecule has 0 atom stereocenters. The van der Waals surface area contributed by atoms with Gasteiger partial charge in [0, 0.05) is 31.4 Å². The third kappa shape index (κ3) is 6.13. The van der Waals surface area contributed by atoms with E-state index in [1.54, 1.807) is 11.8 Å². The van der Waals surface area contributed by atoms with Crippen molar-refractivity contribution in [3.8, 4) is 0 Å². The molecule has 1 fully saturated rings. The SMILES string of the molecule is C=C(CNC1CC1)CSCC(=O)N(CC)CC. The molecule has 0 aliphatic heterocycles. The molecule has 1 rings (SSSR count). The molecule has 0 aromatic carbocycles. The summed E-state index contributed by atoms with van der Waals surface area (Å²) in [5.41, 5.74) is 1.19. The van der Waals surface area contributed by atoms with Crippen molar-refractivity contribution in [2.75, 3.05) is 31.1 Å². The number of rotatable bonds is 9. The Bertz CT molecular complexity index is 260. The van der Waals surface area contributed by atoms with Gasteiger partial charge in [0.1, 0.15) is 0 Å². The van der Waals surface area contributed by atoms with E-state index in [2.05, 4.69) is 11.9 Å². The number of hydrogen-bond acceptors (Lipinski definition) is 3. The fraction of sp³-hybridized carbons (Fsp3) is 0.769. The van der Waals surface area contributed by atoms with Crippen LogP contribution in [-0.4, -0.2) is 48.0 Å². The molecule has 17 heavy (non-hydrogen) atoms. The average molecular weight is 256 g/mol. The number of nitrogens with one attached hydrogen (secondary N) is 1. The normalized spacial score (nSPS) is 14.7. The molecule has 3 nitrogen and oxygen atoms in total. The highest BCUT2D eigenvalue weighted by Gasteiger charge is 2.20. The molecule has 0 saturated heterocycles. The average Bonchev–Trinajstić information content (AvgIpc) is 3.12. The maximum absolute atomic E-state index is 11.7. The largest absolute Gasteiger partial charge is 0.343 e. The van der Waals surface area contributed by atoms with Crippen LogP contribution in [0.2, 0.25) is 0 Å². The van der Waals surface area contributed by atoms with E-state index >= 15 is 0 Å². The van der Waals surface area contributed by atoms with Crippen molar-refractivity contribution in [1.82, 2.24) is 10.2 Å². The third-order valence-electron chi connectivity index (χ3n) is 2.87. The maximum Gasteiger partial charge on any atom is 0.232 e. The second-order valence-electron chi connectivity index (χ2n) is 4.46. The molecule has 0 spiro atoms. The van der Waals surface area contributed by atoms with Crippen molar-refractivity contribution in [1.29, 1.82) is 0 Å². The Morgan fingerprint density at radius 1 is 1.35 bits per heavy atom. The molecular formula is C13H24N2OS. The van der Waals surface area contributed by atoms with Crippen LogP contribution in [0.1, 0.15) is 26.7 Å². The molecular weight excluding hydrogens is 232 g/mol. The first kappa shape index (κ1) is 14.6. The molecule has 0 heterocycles. The van der Waals surface area contributed by atoms with Crippen molar-refractivity contribution >= 4 is 17.7 Å². The topological polar surface area (TPSA) is 32.3 Å². The summed E-state index contributed by atoms with van der Waals surface area (Å²) < 4.78 is 0. The van der Waals surface area contributed by atoms with E-state index in [0.29, 0.717) is 5.75 Å². The van der Waals surface area contributed by atoms with E-state index in [0.717, 1.165) is 31.4 Å². The lowest BCUT2D eigenvalue weighted by molar-refractivity contribution is -0.127. The van der Waals surface area contributed by atoms with Crippen molar-refractivity contribution in [3.05, 3.63) is 12.2 Å². The smallest absolute Gasteiger partial charge is 0.232 e. The van der Waals surface area contributed by atoms with Crippen LogP contribution in [0.5, 0.6) is 0 Å². The van der Waals surface area contributed by atoms with Crippen molar-refractivity contribution in [2.24, 2.45) is 0 Å². The Hall–Kier alpha value is -0.480. The molecule has 0 bridgehead atoms. The van der Waals surface area contributed by atoms with Crippen LogP contribution in [0.3, 0.4) is 0 Å². The summed E-state index contributed by atoms with van der Waals surface area (Å²) >= 11 is 1.67. The summed E-state index contributed by atoms with van der Waals surface area (Å²) in [7, 11) is 0. The number of carbonyl (C=O) groups is 1. The second kappa shape index (κ2) is 7.77. The second-order valence-corrected chi connectivity index (χ2v) is 5.45. The Morgan fingerprint density at radius 2 is 2.00 bits per heavy atom. The Balaban J connectivity index is 2.04. The summed E-state index contributed by atoms with van der Waals surface area (Å²) in [5, 5.41) is 3.43. The van der Waals surface area contributed by atoms with Gasteiger partial charge in [0.2, 0.25) is 5.91 Å². The molecule has 4 heteroatoms. The first-order valence-corrected chi connectivity index (χ1v) is 7.58. The molecule has 1 aliphatic carbocycles. The molecule has 1 saturated carbocycles. The monoisotopic (exact) mass is 256 g/mol. The predicted molar refractivity (Wildman–Crippen MR) is 75.4 cm³/mol. The first-order chi connectivity index (χ1) is 8.17. The predicted octanol–water partition coefficient (Wildman–Crippen LogP) is 1.90. The lowest BCUT2D eigenvalue weighted by Crippen LogP contribution is -2.32. The first-order valence-electron chi connectivity index (χ1n) is 6.42. The minimum absolute atomic E-state index is 0.239. The van der Waals surface area contributed by atoms with Crippen molar-refractivity contribution in [3.63, 3.8) is 0 Å². The number of carbonyl (C=O) groups excluding carboxylic acids is 1. The van der Waals surface area contributed by atoms with Gasteiger partial charge in [-0.15, -0.1) is 11.8 Å². The molecule has 0 unspecified atom stereocenters. The Morgan fingerprint density at radius 3 is 2.53 bits per heavy atom. The number of amides is 1. The molecule has 0 aromatic rings. The van der Waals surface area contributed by atoms with Gasteiger partial charge in [0.05, 0.1) is 5.75 Å². The summed E-state index contributed by atoms with van der Waals surface area (Å²) in [4.78, 5) is 13.6. The van der Waals surface area contributed by atoms with Crippen LogP contribution in [-0.2, 0) is 4.79 Å². The van der Waals surface area contributed by atoms with E-state index in [-0.39, 0.29) is 5.91 Å². The minimum atomic E-state index is 0.239. The van der Waals surface area contributed by atoms with Gasteiger partial charge in [0.15, 0.2) is 0 Å². The lowest BCUT2D eigenvalue weighted by Gasteiger charge is -2.18. The van der Waals surface area contributed by atoms with E-state index in [9.17, 15) is 4.79 Å².